The van der Waals surface area contributed by atoms with Crippen LogP contribution >= 0.6 is 0 Å². The largest absolute Gasteiger partial charge is 0.356 e. The third-order valence-electron chi connectivity index (χ3n) is 15.3. The predicted octanol–water partition coefficient (Wildman–Crippen LogP) is 22.5. The van der Waals surface area contributed by atoms with E-state index < -0.39 is 0 Å². The van der Waals surface area contributed by atoms with Gasteiger partial charge in [-0.3, -0.25) is 15.0 Å². The summed E-state index contributed by atoms with van der Waals surface area (Å²) in [6, 6.07) is 113. The molecule has 0 saturated carbocycles. The van der Waals surface area contributed by atoms with Crippen molar-refractivity contribution in [1.82, 2.24) is 0 Å². The Kier molecular flexibility index (Phi) is 16.4. The van der Waals surface area contributed by atoms with E-state index in [2.05, 4.69) is 253 Å². The molecule has 0 bridgehead atoms. The van der Waals surface area contributed by atoms with E-state index in [-0.39, 0.29) is 0 Å². The van der Waals surface area contributed by atoms with E-state index >= 15 is 0 Å². The van der Waals surface area contributed by atoms with Gasteiger partial charge in [0.25, 0.3) is 0 Å². The van der Waals surface area contributed by atoms with Gasteiger partial charge in [-0.1, -0.05) is 200 Å². The first-order valence-electron chi connectivity index (χ1n) is 29.2. The van der Waals surface area contributed by atoms with Crippen LogP contribution in [0.4, 0.5) is 51.2 Å². The molecule has 414 valence electrons. The summed E-state index contributed by atoms with van der Waals surface area (Å²) >= 11 is 0. The van der Waals surface area contributed by atoms with Crippen molar-refractivity contribution >= 4 is 134 Å². The minimum atomic E-state index is 0.931. The topological polar surface area (TPSA) is 73.2 Å². The van der Waals surface area contributed by atoms with Gasteiger partial charge in [-0.15, -0.1) is 0 Å². The number of anilines is 6. The standard InChI is InChI=1S/3C27H20N2/c3*1-2-10-23(11-3-1)29-24-16-14-22(15-17-24)28-19-27-25-12-6-4-8-20(25)18-21-9-5-7-13-26(21)27/h3*1-19,29H. The number of hydrogen-bond acceptors (Lipinski definition) is 6. The first-order chi connectivity index (χ1) is 43.1. The Hall–Kier alpha value is -11.7. The molecule has 0 amide bonds. The molecule has 15 rings (SSSR count). The van der Waals surface area contributed by atoms with Gasteiger partial charge >= 0.3 is 0 Å². The number of aliphatic imine (C=N–C) groups is 3. The highest BCUT2D eigenvalue weighted by Gasteiger charge is 2.09. The van der Waals surface area contributed by atoms with E-state index in [0.717, 1.165) is 67.9 Å². The van der Waals surface area contributed by atoms with Gasteiger partial charge in [0, 0.05) is 69.5 Å². The maximum Gasteiger partial charge on any atom is 0.0631 e. The van der Waals surface area contributed by atoms with Crippen molar-refractivity contribution in [1.29, 1.82) is 0 Å². The molecule has 0 aromatic heterocycles. The van der Waals surface area contributed by atoms with Crippen molar-refractivity contribution in [3.05, 3.63) is 344 Å². The quantitative estimate of drug-likeness (QED) is 0.0843. The van der Waals surface area contributed by atoms with Crippen LogP contribution in [0.2, 0.25) is 0 Å². The molecule has 6 heteroatoms. The molecule has 0 heterocycles. The molecule has 3 N–H and O–H groups in total. The second kappa shape index (κ2) is 26.2. The van der Waals surface area contributed by atoms with Gasteiger partial charge < -0.3 is 16.0 Å². The molecular formula is C81H60N6. The maximum absolute atomic E-state index is 4.77. The van der Waals surface area contributed by atoms with Crippen LogP contribution in [0.3, 0.4) is 0 Å². The first-order valence-corrected chi connectivity index (χ1v) is 29.2. The molecule has 0 fully saturated rings. The molecule has 0 aliphatic heterocycles. The number of nitrogens with one attached hydrogen (secondary N) is 3. The molecule has 0 atom stereocenters. The Morgan fingerprint density at radius 2 is 0.368 bits per heavy atom. The van der Waals surface area contributed by atoms with Crippen LogP contribution < -0.4 is 16.0 Å². The average molecular weight is 1120 g/mol. The van der Waals surface area contributed by atoms with Gasteiger partial charge in [-0.25, -0.2) is 0 Å². The summed E-state index contributed by atoms with van der Waals surface area (Å²) in [5.41, 5.74) is 12.6. The van der Waals surface area contributed by atoms with Crippen LogP contribution in [0.15, 0.2) is 343 Å². The van der Waals surface area contributed by atoms with E-state index in [9.17, 15) is 0 Å². The minimum absolute atomic E-state index is 0.931. The highest BCUT2D eigenvalue weighted by Crippen LogP contribution is 2.32. The van der Waals surface area contributed by atoms with Gasteiger partial charge in [0.05, 0.1) is 17.1 Å². The van der Waals surface area contributed by atoms with Crippen LogP contribution in [0.1, 0.15) is 16.7 Å². The molecule has 0 unspecified atom stereocenters. The van der Waals surface area contributed by atoms with Gasteiger partial charge in [0.2, 0.25) is 0 Å². The van der Waals surface area contributed by atoms with Crippen LogP contribution in [0.25, 0.3) is 64.6 Å². The summed E-state index contributed by atoms with van der Waals surface area (Å²) in [7, 11) is 0. The van der Waals surface area contributed by atoms with E-state index in [0.29, 0.717) is 0 Å². The summed E-state index contributed by atoms with van der Waals surface area (Å²) < 4.78 is 0. The van der Waals surface area contributed by atoms with Gasteiger partial charge in [-0.05, 0) is 192 Å². The molecule has 0 radical (unpaired) electrons. The molecule has 0 aliphatic carbocycles. The number of fused-ring (bicyclic) bond motifs is 6. The zero-order valence-electron chi connectivity index (χ0n) is 47.8. The minimum Gasteiger partial charge on any atom is -0.356 e. The maximum atomic E-state index is 4.77. The zero-order valence-corrected chi connectivity index (χ0v) is 47.8. The van der Waals surface area contributed by atoms with Gasteiger partial charge in [0.15, 0.2) is 0 Å². The Labute approximate surface area is 506 Å². The number of para-hydroxylation sites is 3. The predicted molar refractivity (Wildman–Crippen MR) is 375 cm³/mol. The van der Waals surface area contributed by atoms with Crippen LogP contribution in [-0.4, -0.2) is 18.6 Å². The smallest absolute Gasteiger partial charge is 0.0631 e. The lowest BCUT2D eigenvalue weighted by Crippen LogP contribution is -1.89. The van der Waals surface area contributed by atoms with E-state index in [1.807, 2.05) is 110 Å². The Morgan fingerprint density at radius 3 is 0.586 bits per heavy atom. The Morgan fingerprint density at radius 1 is 0.184 bits per heavy atom. The van der Waals surface area contributed by atoms with Crippen molar-refractivity contribution in [3.8, 4) is 0 Å². The lowest BCUT2D eigenvalue weighted by atomic mass is 9.97. The third kappa shape index (κ3) is 13.2. The van der Waals surface area contributed by atoms with Crippen LogP contribution in [0.5, 0.6) is 0 Å². The lowest BCUT2D eigenvalue weighted by molar-refractivity contribution is 1.50. The second-order valence-electron chi connectivity index (χ2n) is 21.1. The fraction of sp³-hybridized carbons (Fsp3) is 0. The first kappa shape index (κ1) is 54.5. The summed E-state index contributed by atoms with van der Waals surface area (Å²) in [4.78, 5) is 14.3. The van der Waals surface area contributed by atoms with Crippen LogP contribution in [-0.2, 0) is 0 Å². The van der Waals surface area contributed by atoms with Gasteiger partial charge in [-0.2, -0.15) is 0 Å². The van der Waals surface area contributed by atoms with Crippen molar-refractivity contribution in [2.24, 2.45) is 15.0 Å². The third-order valence-corrected chi connectivity index (χ3v) is 15.3. The highest BCUT2D eigenvalue weighted by atomic mass is 14.9. The number of benzene rings is 15. The number of rotatable bonds is 12. The summed E-state index contributed by atoms with van der Waals surface area (Å²) in [5.74, 6) is 0. The van der Waals surface area contributed by atoms with E-state index in [1.165, 1.54) is 64.6 Å². The monoisotopic (exact) mass is 1120 g/mol. The van der Waals surface area contributed by atoms with Crippen molar-refractivity contribution in [3.63, 3.8) is 0 Å². The van der Waals surface area contributed by atoms with Crippen molar-refractivity contribution in [2.75, 3.05) is 16.0 Å². The molecule has 15 aromatic carbocycles. The average Bonchev–Trinajstić information content (AvgIpc) is 3.15. The Bertz CT molecular complexity index is 4250. The Balaban J connectivity index is 0.000000121. The second-order valence-corrected chi connectivity index (χ2v) is 21.1. The summed E-state index contributed by atoms with van der Waals surface area (Å²) in [6.07, 6.45) is 5.97. The van der Waals surface area contributed by atoms with E-state index in [4.69, 9.17) is 15.0 Å². The molecule has 0 saturated heterocycles. The normalized spacial score (nSPS) is 11.3. The summed E-state index contributed by atoms with van der Waals surface area (Å²) in [6.45, 7) is 0. The van der Waals surface area contributed by atoms with E-state index in [1.54, 1.807) is 0 Å². The molecule has 0 spiro atoms. The fourth-order valence-electron chi connectivity index (χ4n) is 10.9. The molecule has 0 aliphatic rings. The molecule has 6 nitrogen and oxygen atoms in total. The van der Waals surface area contributed by atoms with Crippen molar-refractivity contribution in [2.45, 2.75) is 0 Å². The zero-order chi connectivity index (χ0) is 58.4. The molecule has 87 heavy (non-hydrogen) atoms. The van der Waals surface area contributed by atoms with Crippen molar-refractivity contribution < 1.29 is 0 Å². The fourth-order valence-corrected chi connectivity index (χ4v) is 10.9. The molecule has 15 aromatic rings. The summed E-state index contributed by atoms with van der Waals surface area (Å²) in [5, 5.41) is 24.9. The SMILES string of the molecule is C(=Nc1ccc(Nc2ccccc2)cc1)c1c2ccccc2cc2ccccc12.C(=Nc1ccc(Nc2ccccc2)cc1)c1c2ccccc2cc2ccccc12.C(=Nc1ccc(Nc2ccccc2)cc1)c1c2ccccc2cc2ccccc12. The van der Waals surface area contributed by atoms with Crippen LogP contribution in [0, 0.1) is 0 Å². The number of hydrogen-bond donors (Lipinski definition) is 3. The highest BCUT2D eigenvalue weighted by molar-refractivity contribution is 6.16. The lowest BCUT2D eigenvalue weighted by Gasteiger charge is -2.08. The van der Waals surface area contributed by atoms with Gasteiger partial charge in [0.1, 0.15) is 0 Å². The molecular weight excluding hydrogens is 1060 g/mol. The number of nitrogens with zero attached hydrogens (tertiary/aromatic N) is 3.